The molecule has 1 saturated heterocycles. The minimum absolute atomic E-state index is 0.0606. The first-order valence-electron chi connectivity index (χ1n) is 8.51. The van der Waals surface area contributed by atoms with Gasteiger partial charge in [-0.25, -0.2) is 0 Å². The largest absolute Gasteiger partial charge is 0.487 e. The number of pyridine rings is 1. The fraction of sp³-hybridized carbons (Fsp3) is 0.316. The first-order chi connectivity index (χ1) is 12.7. The lowest BCUT2D eigenvalue weighted by Crippen LogP contribution is -2.30. The first kappa shape index (κ1) is 18.3. The number of carbonyl (C=O) groups excluding carboxylic acids is 2. The summed E-state index contributed by atoms with van der Waals surface area (Å²) in [6, 6.07) is 13.3. The van der Waals surface area contributed by atoms with Gasteiger partial charge in [0.1, 0.15) is 12.4 Å². The summed E-state index contributed by atoms with van der Waals surface area (Å²) in [5.74, 6) is 1.49. The van der Waals surface area contributed by atoms with Crippen LogP contribution in [0.3, 0.4) is 0 Å². The highest BCUT2D eigenvalue weighted by Crippen LogP contribution is 2.17. The number of rotatable bonds is 8. The third-order valence-electron chi connectivity index (χ3n) is 3.95. The Balaban J connectivity index is 1.43. The summed E-state index contributed by atoms with van der Waals surface area (Å²) in [6.45, 7) is 2.04. The fourth-order valence-electron chi connectivity index (χ4n) is 2.54. The van der Waals surface area contributed by atoms with Gasteiger partial charge in [-0.2, -0.15) is 0 Å². The monoisotopic (exact) mass is 371 g/mol. The van der Waals surface area contributed by atoms with Crippen LogP contribution in [0.25, 0.3) is 0 Å². The maximum atomic E-state index is 12.0. The Hall–Kier alpha value is -2.54. The molecule has 2 amide bonds. The number of hydrogen-bond acceptors (Lipinski definition) is 5. The number of hydrogen-bond donors (Lipinski definition) is 1. The highest BCUT2D eigenvalue weighted by atomic mass is 32.2. The topological polar surface area (TPSA) is 71.5 Å². The van der Waals surface area contributed by atoms with Gasteiger partial charge in [0.05, 0.1) is 5.69 Å². The highest BCUT2D eigenvalue weighted by Gasteiger charge is 2.21. The van der Waals surface area contributed by atoms with E-state index in [1.165, 1.54) is 11.8 Å². The van der Waals surface area contributed by atoms with Crippen LogP contribution in [0, 0.1) is 0 Å². The van der Waals surface area contributed by atoms with Gasteiger partial charge in [-0.05, 0) is 29.8 Å². The molecule has 26 heavy (non-hydrogen) atoms. The summed E-state index contributed by atoms with van der Waals surface area (Å²) in [6.07, 6.45) is 2.06. The molecule has 0 radical (unpaired) electrons. The second kappa shape index (κ2) is 9.24. The van der Waals surface area contributed by atoms with E-state index in [2.05, 4.69) is 10.3 Å². The van der Waals surface area contributed by atoms with Gasteiger partial charge >= 0.3 is 0 Å². The molecule has 0 saturated carbocycles. The van der Waals surface area contributed by atoms with E-state index in [1.54, 1.807) is 11.1 Å². The second-order valence-electron chi connectivity index (χ2n) is 5.89. The Kier molecular flexibility index (Phi) is 6.49. The Morgan fingerprint density at radius 3 is 2.96 bits per heavy atom. The van der Waals surface area contributed by atoms with Crippen molar-refractivity contribution in [3.05, 3.63) is 59.9 Å². The number of amides is 2. The Morgan fingerprint density at radius 1 is 1.27 bits per heavy atom. The van der Waals surface area contributed by atoms with Crippen molar-refractivity contribution in [3.63, 3.8) is 0 Å². The van der Waals surface area contributed by atoms with E-state index in [0.29, 0.717) is 26.1 Å². The molecular formula is C19H21N3O3S. The quantitative estimate of drug-likeness (QED) is 0.773. The van der Waals surface area contributed by atoms with Crippen molar-refractivity contribution in [1.29, 1.82) is 0 Å². The van der Waals surface area contributed by atoms with Crippen LogP contribution in [-0.4, -0.2) is 39.9 Å². The van der Waals surface area contributed by atoms with E-state index in [-0.39, 0.29) is 11.1 Å². The smallest absolute Gasteiger partial charge is 0.281 e. The van der Waals surface area contributed by atoms with E-state index in [1.807, 2.05) is 42.5 Å². The first-order valence-corrected chi connectivity index (χ1v) is 9.49. The maximum absolute atomic E-state index is 12.0. The summed E-state index contributed by atoms with van der Waals surface area (Å²) in [7, 11) is 0. The molecule has 0 bridgehead atoms. The average Bonchev–Trinajstić information content (AvgIpc) is 3.09. The van der Waals surface area contributed by atoms with Crippen LogP contribution in [0.5, 0.6) is 5.75 Å². The standard InChI is InChI=1S/C19H21N3O3S/c23-18(7-9-22-10-11-26-19(22)24)21-13-15-4-3-6-17(12-15)25-14-16-5-1-2-8-20-16/h1-6,8,12H,7,9-11,13-14H2,(H,21,23). The molecule has 1 aromatic carbocycles. The van der Waals surface area contributed by atoms with E-state index in [0.717, 1.165) is 29.3 Å². The van der Waals surface area contributed by atoms with Gasteiger partial charge in [0.2, 0.25) is 5.91 Å². The molecule has 3 rings (SSSR count). The van der Waals surface area contributed by atoms with Gasteiger partial charge in [0.25, 0.3) is 5.24 Å². The number of thioether (sulfide) groups is 1. The van der Waals surface area contributed by atoms with Crippen molar-refractivity contribution in [3.8, 4) is 5.75 Å². The minimum atomic E-state index is -0.0606. The zero-order valence-electron chi connectivity index (χ0n) is 14.4. The molecule has 0 atom stereocenters. The molecule has 2 aromatic rings. The molecule has 136 valence electrons. The number of nitrogens with zero attached hydrogens (tertiary/aromatic N) is 2. The zero-order valence-corrected chi connectivity index (χ0v) is 15.2. The molecular weight excluding hydrogens is 350 g/mol. The van der Waals surface area contributed by atoms with Gasteiger partial charge < -0.3 is 15.0 Å². The predicted octanol–water partition coefficient (Wildman–Crippen LogP) is 2.84. The van der Waals surface area contributed by atoms with Crippen LogP contribution >= 0.6 is 11.8 Å². The van der Waals surface area contributed by atoms with Crippen molar-refractivity contribution in [2.75, 3.05) is 18.8 Å². The van der Waals surface area contributed by atoms with Crippen LogP contribution in [0.15, 0.2) is 48.7 Å². The summed E-state index contributed by atoms with van der Waals surface area (Å²) >= 11 is 1.31. The summed E-state index contributed by atoms with van der Waals surface area (Å²) in [5.41, 5.74) is 1.82. The number of carbonyl (C=O) groups is 2. The van der Waals surface area contributed by atoms with Gasteiger partial charge in [-0.15, -0.1) is 0 Å². The van der Waals surface area contributed by atoms with Gasteiger partial charge in [-0.1, -0.05) is 30.0 Å². The average molecular weight is 371 g/mol. The molecule has 1 fully saturated rings. The molecule has 0 aliphatic carbocycles. The van der Waals surface area contributed by atoms with Gasteiger partial charge in [0.15, 0.2) is 0 Å². The molecule has 0 unspecified atom stereocenters. The molecule has 2 heterocycles. The molecule has 1 aromatic heterocycles. The Bertz CT molecular complexity index is 755. The third-order valence-corrected chi connectivity index (χ3v) is 4.85. The van der Waals surface area contributed by atoms with E-state index in [4.69, 9.17) is 4.74 Å². The normalized spacial score (nSPS) is 13.7. The molecule has 0 spiro atoms. The van der Waals surface area contributed by atoms with Crippen molar-refractivity contribution in [2.45, 2.75) is 19.6 Å². The van der Waals surface area contributed by atoms with Crippen molar-refractivity contribution >= 4 is 22.9 Å². The van der Waals surface area contributed by atoms with E-state index >= 15 is 0 Å². The Morgan fingerprint density at radius 2 is 2.19 bits per heavy atom. The van der Waals surface area contributed by atoms with E-state index in [9.17, 15) is 9.59 Å². The van der Waals surface area contributed by atoms with Gasteiger partial charge in [-0.3, -0.25) is 14.6 Å². The minimum Gasteiger partial charge on any atom is -0.487 e. The molecule has 6 nitrogen and oxygen atoms in total. The van der Waals surface area contributed by atoms with Crippen LogP contribution < -0.4 is 10.1 Å². The SMILES string of the molecule is O=C(CCN1CCSC1=O)NCc1cccc(OCc2ccccn2)c1. The molecule has 1 aliphatic rings. The molecule has 1 aliphatic heterocycles. The number of nitrogens with one attached hydrogen (secondary N) is 1. The van der Waals surface area contributed by atoms with Crippen LogP contribution in [0.1, 0.15) is 17.7 Å². The Labute approximate surface area is 156 Å². The van der Waals surface area contributed by atoms with Crippen molar-refractivity contribution < 1.29 is 14.3 Å². The van der Waals surface area contributed by atoms with Crippen LogP contribution in [-0.2, 0) is 17.9 Å². The molecule has 1 N–H and O–H groups in total. The number of benzene rings is 1. The van der Waals surface area contributed by atoms with Crippen molar-refractivity contribution in [1.82, 2.24) is 15.2 Å². The van der Waals surface area contributed by atoms with Gasteiger partial charge in [0, 0.05) is 38.0 Å². The molecule has 7 heteroatoms. The fourth-order valence-corrected chi connectivity index (χ4v) is 3.39. The van der Waals surface area contributed by atoms with Crippen LogP contribution in [0.4, 0.5) is 4.79 Å². The third kappa shape index (κ3) is 5.49. The number of ether oxygens (including phenoxy) is 1. The lowest BCUT2D eigenvalue weighted by Gasteiger charge is -2.14. The summed E-state index contributed by atoms with van der Waals surface area (Å²) < 4.78 is 5.74. The number of aromatic nitrogens is 1. The summed E-state index contributed by atoms with van der Waals surface area (Å²) in [4.78, 5) is 29.4. The second-order valence-corrected chi connectivity index (χ2v) is 6.93. The lowest BCUT2D eigenvalue weighted by atomic mass is 10.2. The van der Waals surface area contributed by atoms with Crippen LogP contribution in [0.2, 0.25) is 0 Å². The zero-order chi connectivity index (χ0) is 18.2. The summed E-state index contributed by atoms with van der Waals surface area (Å²) in [5, 5.41) is 2.95. The highest BCUT2D eigenvalue weighted by molar-refractivity contribution is 8.13. The van der Waals surface area contributed by atoms with E-state index < -0.39 is 0 Å². The lowest BCUT2D eigenvalue weighted by molar-refractivity contribution is -0.121. The van der Waals surface area contributed by atoms with Crippen molar-refractivity contribution in [2.24, 2.45) is 0 Å². The predicted molar refractivity (Wildman–Crippen MR) is 101 cm³/mol. The maximum Gasteiger partial charge on any atom is 0.281 e.